The molecule has 1 amide bonds. The third-order valence-corrected chi connectivity index (χ3v) is 13.7. The van der Waals surface area contributed by atoms with Gasteiger partial charge in [-0.2, -0.15) is 0 Å². The first-order valence-electron chi connectivity index (χ1n) is 16.7. The van der Waals surface area contributed by atoms with Gasteiger partial charge < -0.3 is 24.3 Å². The van der Waals surface area contributed by atoms with E-state index in [2.05, 4.69) is 39.2 Å². The predicted octanol–water partition coefficient (Wildman–Crippen LogP) is 10.0. The van der Waals surface area contributed by atoms with Crippen molar-refractivity contribution in [3.05, 3.63) is 126 Å². The van der Waals surface area contributed by atoms with Gasteiger partial charge in [-0.1, -0.05) is 87.9 Å². The van der Waals surface area contributed by atoms with Gasteiger partial charge in [0.2, 0.25) is 5.91 Å². The number of halogens is 1. The van der Waals surface area contributed by atoms with E-state index in [1.54, 1.807) is 31.4 Å². The van der Waals surface area contributed by atoms with Crippen LogP contribution >= 0.6 is 0 Å². The summed E-state index contributed by atoms with van der Waals surface area (Å²) >= 11 is 0. The second-order valence-corrected chi connectivity index (χ2v) is 18.6. The number of hydrogen-bond acceptors (Lipinski definition) is 5. The van der Waals surface area contributed by atoms with Crippen molar-refractivity contribution in [2.24, 2.45) is 5.92 Å². The van der Waals surface area contributed by atoms with Gasteiger partial charge >= 0.3 is 0 Å². The molecule has 0 saturated heterocycles. The minimum absolute atomic E-state index is 0.00987. The van der Waals surface area contributed by atoms with Crippen molar-refractivity contribution in [2.75, 3.05) is 12.4 Å². The van der Waals surface area contributed by atoms with Gasteiger partial charge in [0.1, 0.15) is 23.9 Å². The van der Waals surface area contributed by atoms with Crippen molar-refractivity contribution in [1.82, 2.24) is 0 Å². The van der Waals surface area contributed by atoms with Gasteiger partial charge in [-0.25, -0.2) is 4.39 Å². The van der Waals surface area contributed by atoms with Gasteiger partial charge in [-0.05, 0) is 84.4 Å². The van der Waals surface area contributed by atoms with Crippen molar-refractivity contribution in [2.45, 2.75) is 83.4 Å². The molecule has 0 saturated carbocycles. The number of carbonyl (C=O) groups excluding carboxylic acids is 1. The highest BCUT2D eigenvalue weighted by molar-refractivity contribution is 6.74. The van der Waals surface area contributed by atoms with Gasteiger partial charge in [0.15, 0.2) is 8.32 Å². The van der Waals surface area contributed by atoms with E-state index in [-0.39, 0.29) is 29.3 Å². The average molecular weight is 672 g/mol. The quantitative estimate of drug-likeness (QED) is 0.116. The van der Waals surface area contributed by atoms with Crippen molar-refractivity contribution in [3.8, 4) is 11.5 Å². The monoisotopic (exact) mass is 671 g/mol. The molecule has 0 spiro atoms. The normalized spacial score (nSPS) is 13.8. The van der Waals surface area contributed by atoms with E-state index < -0.39 is 20.3 Å². The highest BCUT2D eigenvalue weighted by Gasteiger charge is 2.39. The number of anilines is 1. The van der Waals surface area contributed by atoms with Crippen LogP contribution in [-0.4, -0.2) is 26.4 Å². The summed E-state index contributed by atoms with van der Waals surface area (Å²) in [6.45, 7) is 11.3. The number of hydrogen-bond donors (Lipinski definition) is 2. The summed E-state index contributed by atoms with van der Waals surface area (Å²) in [5.41, 5.74) is 3.21. The molecule has 0 aliphatic rings. The Morgan fingerprint density at radius 3 is 2.17 bits per heavy atom. The number of nitrogens with one attached hydrogen (secondary N) is 1. The zero-order valence-corrected chi connectivity index (χ0v) is 30.0. The van der Waals surface area contributed by atoms with Crippen LogP contribution in [0.1, 0.15) is 75.4 Å². The van der Waals surface area contributed by atoms with Gasteiger partial charge in [0, 0.05) is 23.7 Å². The van der Waals surface area contributed by atoms with Crippen molar-refractivity contribution in [1.29, 1.82) is 0 Å². The number of benzene rings is 4. The maximum atomic E-state index is 13.9. The second kappa shape index (κ2) is 16.9. The smallest absolute Gasteiger partial charge is 0.224 e. The Balaban J connectivity index is 1.58. The fourth-order valence-corrected chi connectivity index (χ4v) is 6.73. The van der Waals surface area contributed by atoms with Gasteiger partial charge in [-0.15, -0.1) is 0 Å². The molecule has 0 radical (unpaired) electrons. The zero-order chi connectivity index (χ0) is 34.7. The van der Waals surface area contributed by atoms with E-state index >= 15 is 0 Å². The van der Waals surface area contributed by atoms with Crippen molar-refractivity contribution in [3.63, 3.8) is 0 Å². The Bertz CT molecular complexity index is 1580. The molecule has 0 heterocycles. The predicted molar refractivity (Wildman–Crippen MR) is 193 cm³/mol. The van der Waals surface area contributed by atoms with Gasteiger partial charge in [0.05, 0.1) is 19.3 Å². The third-order valence-electron chi connectivity index (χ3n) is 9.25. The highest BCUT2D eigenvalue weighted by Crippen LogP contribution is 2.42. The van der Waals surface area contributed by atoms with E-state index in [0.29, 0.717) is 48.6 Å². The summed E-state index contributed by atoms with van der Waals surface area (Å²) in [6, 6.07) is 31.1. The molecular formula is C40H50FNO5Si. The Morgan fingerprint density at radius 1 is 0.896 bits per heavy atom. The standard InChI is InChI=1S/C40H50FNO5Si/c1-40(2,3)48(5,6)47-36(30-20-22-32(41)23-21-30)19-13-16-31(26-38(43)42-33-17-11-8-12-18-33)39(44)35-25-24-34(45-4)27-37(35)46-28-29-14-9-7-10-15-29/h7-12,14-15,17-18,20-25,27,31,36,39,44H,13,16,19,26,28H2,1-6H3,(H,42,43)/t31?,36-,39+/m0/s1. The number of methoxy groups -OCH3 is 1. The van der Waals surface area contributed by atoms with E-state index in [1.807, 2.05) is 66.7 Å². The topological polar surface area (TPSA) is 77.0 Å². The first-order chi connectivity index (χ1) is 22.9. The Labute approximate surface area is 286 Å². The van der Waals surface area contributed by atoms with E-state index in [1.165, 1.54) is 12.1 Å². The molecule has 4 rings (SSSR count). The van der Waals surface area contributed by atoms with Crippen LogP contribution in [0.25, 0.3) is 0 Å². The fraction of sp³-hybridized carbons (Fsp3) is 0.375. The number of ether oxygens (including phenoxy) is 2. The number of para-hydroxylation sites is 1. The molecule has 8 heteroatoms. The van der Waals surface area contributed by atoms with Crippen LogP contribution in [0, 0.1) is 11.7 Å². The van der Waals surface area contributed by atoms with Gasteiger partial charge in [-0.3, -0.25) is 4.79 Å². The number of carbonyl (C=O) groups is 1. The summed E-state index contributed by atoms with van der Waals surface area (Å²) in [6.07, 6.45) is 0.744. The molecule has 0 aliphatic carbocycles. The lowest BCUT2D eigenvalue weighted by atomic mass is 9.87. The third kappa shape index (κ3) is 10.5. The maximum Gasteiger partial charge on any atom is 0.224 e. The molecular weight excluding hydrogens is 622 g/mol. The molecule has 48 heavy (non-hydrogen) atoms. The fourth-order valence-electron chi connectivity index (χ4n) is 5.41. The Hall–Kier alpha value is -3.98. The van der Waals surface area contributed by atoms with E-state index in [0.717, 1.165) is 11.1 Å². The van der Waals surface area contributed by atoms with Crippen molar-refractivity contribution < 1.29 is 28.2 Å². The van der Waals surface area contributed by atoms with Crippen LogP contribution in [0.3, 0.4) is 0 Å². The Morgan fingerprint density at radius 2 is 1.54 bits per heavy atom. The molecule has 2 N–H and O–H groups in total. The first kappa shape index (κ1) is 36.8. The zero-order valence-electron chi connectivity index (χ0n) is 29.0. The van der Waals surface area contributed by atoms with Crippen LogP contribution < -0.4 is 14.8 Å². The molecule has 1 unspecified atom stereocenters. The highest BCUT2D eigenvalue weighted by atomic mass is 28.4. The van der Waals surface area contributed by atoms with E-state index in [9.17, 15) is 14.3 Å². The molecule has 0 aromatic heterocycles. The summed E-state index contributed by atoms with van der Waals surface area (Å²) in [5, 5.41) is 14.9. The molecule has 0 bridgehead atoms. The molecule has 3 atom stereocenters. The minimum Gasteiger partial charge on any atom is -0.497 e. The number of amides is 1. The number of rotatable bonds is 16. The Kier molecular flexibility index (Phi) is 13.0. The summed E-state index contributed by atoms with van der Waals surface area (Å²) in [5.74, 6) is 0.213. The first-order valence-corrected chi connectivity index (χ1v) is 19.6. The van der Waals surface area contributed by atoms with Crippen LogP contribution in [0.5, 0.6) is 11.5 Å². The van der Waals surface area contributed by atoms with Crippen molar-refractivity contribution >= 4 is 19.9 Å². The molecule has 4 aromatic rings. The minimum atomic E-state index is -2.17. The molecule has 6 nitrogen and oxygen atoms in total. The number of aliphatic hydroxyl groups is 1. The van der Waals surface area contributed by atoms with Crippen LogP contribution in [0.15, 0.2) is 103 Å². The lowest BCUT2D eigenvalue weighted by Crippen LogP contribution is -2.41. The lowest BCUT2D eigenvalue weighted by molar-refractivity contribution is -0.118. The average Bonchev–Trinajstić information content (AvgIpc) is 3.06. The van der Waals surface area contributed by atoms with Gasteiger partial charge in [0.25, 0.3) is 0 Å². The number of aliphatic hydroxyl groups excluding tert-OH is 1. The van der Waals surface area contributed by atoms with Crippen LogP contribution in [0.4, 0.5) is 10.1 Å². The molecule has 256 valence electrons. The molecule has 0 aliphatic heterocycles. The summed E-state index contributed by atoms with van der Waals surface area (Å²) in [7, 11) is -0.585. The lowest BCUT2D eigenvalue weighted by Gasteiger charge is -2.39. The molecule has 0 fully saturated rings. The van der Waals surface area contributed by atoms with Crippen LogP contribution in [0.2, 0.25) is 18.1 Å². The maximum absolute atomic E-state index is 13.9. The summed E-state index contributed by atoms with van der Waals surface area (Å²) in [4.78, 5) is 13.4. The largest absolute Gasteiger partial charge is 0.497 e. The summed E-state index contributed by atoms with van der Waals surface area (Å²) < 4.78 is 32.5. The van der Waals surface area contributed by atoms with E-state index in [4.69, 9.17) is 13.9 Å². The van der Waals surface area contributed by atoms with Crippen LogP contribution in [-0.2, 0) is 15.8 Å². The molecule has 4 aromatic carbocycles. The second-order valence-electron chi connectivity index (χ2n) is 13.9. The SMILES string of the molecule is COc1ccc([C@H](O)C(CCC[C@H](O[Si](C)(C)C(C)(C)C)c2ccc(F)cc2)CC(=O)Nc2ccccc2)c(OCc2ccccc2)c1.